The Morgan fingerprint density at radius 3 is 2.61 bits per heavy atom. The number of carbonyl (C=O) groups excluding carboxylic acids is 1. The number of halogens is 2. The second kappa shape index (κ2) is 7.13. The topological polar surface area (TPSA) is 42.0 Å². The van der Waals surface area contributed by atoms with Gasteiger partial charge in [-0.1, -0.05) is 41.4 Å². The standard InChI is InChI=1S/C17H12Cl2N2OS/c18-13-6-4-11(5-7-13)15-10-23-16(21-15)9-20-17(22)12-2-1-3-14(19)8-12/h1-8,10H,9H2,(H,20,22). The summed E-state index contributed by atoms with van der Waals surface area (Å²) >= 11 is 13.3. The number of benzene rings is 2. The highest BCUT2D eigenvalue weighted by atomic mass is 35.5. The number of nitrogens with one attached hydrogen (secondary N) is 1. The number of aromatic nitrogens is 1. The molecule has 3 aromatic rings. The zero-order chi connectivity index (χ0) is 16.2. The molecule has 1 heterocycles. The van der Waals surface area contributed by atoms with E-state index >= 15 is 0 Å². The molecule has 0 spiro atoms. The van der Waals surface area contributed by atoms with E-state index in [1.807, 2.05) is 29.6 Å². The molecule has 0 fully saturated rings. The number of carbonyl (C=O) groups is 1. The molecular weight excluding hydrogens is 351 g/mol. The first-order valence-corrected chi connectivity index (χ1v) is 8.49. The Hall–Kier alpha value is -1.88. The van der Waals surface area contributed by atoms with E-state index in [0.717, 1.165) is 16.3 Å². The number of rotatable bonds is 4. The molecule has 1 aromatic heterocycles. The normalized spacial score (nSPS) is 10.5. The lowest BCUT2D eigenvalue weighted by atomic mass is 10.2. The fraction of sp³-hybridized carbons (Fsp3) is 0.0588. The molecule has 0 aliphatic carbocycles. The monoisotopic (exact) mass is 362 g/mol. The SMILES string of the molecule is O=C(NCc1nc(-c2ccc(Cl)cc2)cs1)c1cccc(Cl)c1. The average molecular weight is 363 g/mol. The number of nitrogens with zero attached hydrogens (tertiary/aromatic N) is 1. The van der Waals surface area contributed by atoms with Gasteiger partial charge in [0.2, 0.25) is 0 Å². The number of hydrogen-bond acceptors (Lipinski definition) is 3. The first-order valence-electron chi connectivity index (χ1n) is 6.86. The van der Waals surface area contributed by atoms with E-state index < -0.39 is 0 Å². The number of hydrogen-bond donors (Lipinski definition) is 1. The molecule has 1 amide bonds. The Bertz CT molecular complexity index is 831. The largest absolute Gasteiger partial charge is 0.346 e. The molecule has 0 aliphatic rings. The van der Waals surface area contributed by atoms with Crippen molar-refractivity contribution in [3.05, 3.63) is 74.5 Å². The zero-order valence-corrected chi connectivity index (χ0v) is 14.3. The summed E-state index contributed by atoms with van der Waals surface area (Å²) in [6.07, 6.45) is 0. The molecule has 0 unspecified atom stereocenters. The molecular formula is C17H12Cl2N2OS. The van der Waals surface area contributed by atoms with Crippen molar-refractivity contribution in [2.24, 2.45) is 0 Å². The summed E-state index contributed by atoms with van der Waals surface area (Å²) in [5.41, 5.74) is 2.41. The first kappa shape index (κ1) is 16.0. The summed E-state index contributed by atoms with van der Waals surface area (Å²) < 4.78 is 0. The van der Waals surface area contributed by atoms with Crippen LogP contribution in [-0.2, 0) is 6.54 Å². The van der Waals surface area contributed by atoms with Crippen molar-refractivity contribution in [1.29, 1.82) is 0 Å². The average Bonchev–Trinajstić information content (AvgIpc) is 3.02. The third kappa shape index (κ3) is 4.10. The van der Waals surface area contributed by atoms with Crippen LogP contribution >= 0.6 is 34.5 Å². The highest BCUT2D eigenvalue weighted by Crippen LogP contribution is 2.23. The van der Waals surface area contributed by atoms with Gasteiger partial charge in [0, 0.05) is 26.6 Å². The lowest BCUT2D eigenvalue weighted by Crippen LogP contribution is -2.22. The fourth-order valence-corrected chi connectivity index (χ4v) is 3.09. The number of amides is 1. The summed E-state index contributed by atoms with van der Waals surface area (Å²) in [5.74, 6) is -0.171. The van der Waals surface area contributed by atoms with E-state index in [0.29, 0.717) is 22.2 Å². The maximum absolute atomic E-state index is 12.1. The van der Waals surface area contributed by atoms with Crippen LogP contribution in [0.15, 0.2) is 53.9 Å². The third-order valence-corrected chi connectivity index (χ3v) is 4.51. The van der Waals surface area contributed by atoms with E-state index in [1.54, 1.807) is 24.3 Å². The Morgan fingerprint density at radius 1 is 1.09 bits per heavy atom. The quantitative estimate of drug-likeness (QED) is 0.705. The van der Waals surface area contributed by atoms with Gasteiger partial charge in [-0.2, -0.15) is 0 Å². The van der Waals surface area contributed by atoms with Gasteiger partial charge in [0.1, 0.15) is 5.01 Å². The lowest BCUT2D eigenvalue weighted by molar-refractivity contribution is 0.0951. The summed E-state index contributed by atoms with van der Waals surface area (Å²) in [5, 5.41) is 6.88. The molecule has 0 saturated carbocycles. The zero-order valence-electron chi connectivity index (χ0n) is 11.9. The summed E-state index contributed by atoms with van der Waals surface area (Å²) in [6, 6.07) is 14.3. The molecule has 1 N–H and O–H groups in total. The minimum absolute atomic E-state index is 0.171. The highest BCUT2D eigenvalue weighted by Gasteiger charge is 2.08. The second-order valence-electron chi connectivity index (χ2n) is 4.83. The van der Waals surface area contributed by atoms with Crippen LogP contribution in [0.5, 0.6) is 0 Å². The summed E-state index contributed by atoms with van der Waals surface area (Å²) in [4.78, 5) is 16.6. The van der Waals surface area contributed by atoms with E-state index in [2.05, 4.69) is 10.3 Å². The van der Waals surface area contributed by atoms with E-state index in [9.17, 15) is 4.79 Å². The van der Waals surface area contributed by atoms with Crippen LogP contribution in [0.2, 0.25) is 10.0 Å². The van der Waals surface area contributed by atoms with Crippen LogP contribution in [-0.4, -0.2) is 10.9 Å². The molecule has 0 radical (unpaired) electrons. The highest BCUT2D eigenvalue weighted by molar-refractivity contribution is 7.09. The first-order chi connectivity index (χ1) is 11.1. The Labute approximate surface area is 147 Å². The van der Waals surface area contributed by atoms with Crippen LogP contribution in [0.25, 0.3) is 11.3 Å². The predicted molar refractivity (Wildman–Crippen MR) is 95.2 cm³/mol. The van der Waals surface area contributed by atoms with Crippen LogP contribution < -0.4 is 5.32 Å². The van der Waals surface area contributed by atoms with Gasteiger partial charge in [-0.3, -0.25) is 4.79 Å². The molecule has 0 atom stereocenters. The molecule has 23 heavy (non-hydrogen) atoms. The van der Waals surface area contributed by atoms with Gasteiger partial charge < -0.3 is 5.32 Å². The van der Waals surface area contributed by atoms with Crippen molar-refractivity contribution in [3.63, 3.8) is 0 Å². The van der Waals surface area contributed by atoms with Crippen LogP contribution in [0.3, 0.4) is 0 Å². The molecule has 0 saturated heterocycles. The van der Waals surface area contributed by atoms with Crippen LogP contribution in [0, 0.1) is 0 Å². The summed E-state index contributed by atoms with van der Waals surface area (Å²) in [7, 11) is 0. The van der Waals surface area contributed by atoms with Gasteiger partial charge in [0.25, 0.3) is 5.91 Å². The molecule has 3 rings (SSSR count). The Balaban J connectivity index is 1.65. The van der Waals surface area contributed by atoms with Crippen LogP contribution in [0.1, 0.15) is 15.4 Å². The van der Waals surface area contributed by atoms with Gasteiger partial charge in [-0.05, 0) is 30.3 Å². The van der Waals surface area contributed by atoms with Gasteiger partial charge >= 0.3 is 0 Å². The maximum Gasteiger partial charge on any atom is 0.251 e. The number of thiazole rings is 1. The van der Waals surface area contributed by atoms with Crippen molar-refractivity contribution in [3.8, 4) is 11.3 Å². The van der Waals surface area contributed by atoms with E-state index in [-0.39, 0.29) is 5.91 Å². The van der Waals surface area contributed by atoms with E-state index in [1.165, 1.54) is 11.3 Å². The van der Waals surface area contributed by atoms with Gasteiger partial charge in [0.15, 0.2) is 0 Å². The molecule has 2 aromatic carbocycles. The molecule has 6 heteroatoms. The predicted octanol–water partition coefficient (Wildman–Crippen LogP) is 5.05. The maximum atomic E-state index is 12.1. The smallest absolute Gasteiger partial charge is 0.251 e. The van der Waals surface area contributed by atoms with E-state index in [4.69, 9.17) is 23.2 Å². The molecule has 0 bridgehead atoms. The molecule has 3 nitrogen and oxygen atoms in total. The Kier molecular flexibility index (Phi) is 4.96. The van der Waals surface area contributed by atoms with Gasteiger partial charge in [-0.25, -0.2) is 4.98 Å². The fourth-order valence-electron chi connectivity index (χ4n) is 2.03. The van der Waals surface area contributed by atoms with Gasteiger partial charge in [0.05, 0.1) is 12.2 Å². The molecule has 0 aliphatic heterocycles. The second-order valence-corrected chi connectivity index (χ2v) is 6.64. The summed E-state index contributed by atoms with van der Waals surface area (Å²) in [6.45, 7) is 0.379. The van der Waals surface area contributed by atoms with Crippen molar-refractivity contribution in [2.45, 2.75) is 6.54 Å². The van der Waals surface area contributed by atoms with Crippen molar-refractivity contribution >= 4 is 40.4 Å². The minimum atomic E-state index is -0.171. The lowest BCUT2D eigenvalue weighted by Gasteiger charge is -2.03. The van der Waals surface area contributed by atoms with Crippen molar-refractivity contribution in [2.75, 3.05) is 0 Å². The third-order valence-electron chi connectivity index (χ3n) is 3.18. The van der Waals surface area contributed by atoms with Crippen molar-refractivity contribution < 1.29 is 4.79 Å². The Morgan fingerprint density at radius 2 is 1.87 bits per heavy atom. The van der Waals surface area contributed by atoms with Crippen LogP contribution in [0.4, 0.5) is 0 Å². The minimum Gasteiger partial charge on any atom is -0.346 e. The molecule has 116 valence electrons. The van der Waals surface area contributed by atoms with Gasteiger partial charge in [-0.15, -0.1) is 11.3 Å². The van der Waals surface area contributed by atoms with Crippen molar-refractivity contribution in [1.82, 2.24) is 10.3 Å².